The fourth-order valence-corrected chi connectivity index (χ4v) is 2.10. The van der Waals surface area contributed by atoms with Crippen molar-refractivity contribution in [1.29, 1.82) is 0 Å². The van der Waals surface area contributed by atoms with Crippen LogP contribution in [0.1, 0.15) is 16.7 Å². The first-order valence-electron chi connectivity index (χ1n) is 5.33. The van der Waals surface area contributed by atoms with E-state index in [9.17, 15) is 5.11 Å². The van der Waals surface area contributed by atoms with Gasteiger partial charge in [0.05, 0.1) is 0 Å². The Labute approximate surface area is 110 Å². The molecule has 2 heteroatoms. The van der Waals surface area contributed by atoms with E-state index in [0.29, 0.717) is 0 Å². The van der Waals surface area contributed by atoms with Gasteiger partial charge in [0.15, 0.2) is 0 Å². The molecular weight excluding hydrogens is 276 g/mol. The molecule has 2 aromatic carbocycles. The van der Waals surface area contributed by atoms with Gasteiger partial charge in [0.2, 0.25) is 0 Å². The molecule has 0 amide bonds. The standard InChI is InChI=1S/C15H13BrO/c1-10-4-3-5-12(8-10)11(2)14-9-13(16)6-7-15(14)17/h3-9,17H,2H2,1H3. The lowest BCUT2D eigenvalue weighted by Crippen LogP contribution is -1.88. The second kappa shape index (κ2) is 4.76. The summed E-state index contributed by atoms with van der Waals surface area (Å²) in [5.41, 5.74) is 3.79. The Morgan fingerprint density at radius 2 is 1.94 bits per heavy atom. The van der Waals surface area contributed by atoms with Crippen molar-refractivity contribution in [2.24, 2.45) is 0 Å². The minimum atomic E-state index is 0.250. The Bertz CT molecular complexity index is 573. The van der Waals surface area contributed by atoms with E-state index in [1.165, 1.54) is 5.56 Å². The minimum absolute atomic E-state index is 0.250. The molecule has 0 saturated carbocycles. The van der Waals surface area contributed by atoms with Crippen molar-refractivity contribution in [3.63, 3.8) is 0 Å². The van der Waals surface area contributed by atoms with Crippen molar-refractivity contribution in [2.75, 3.05) is 0 Å². The summed E-state index contributed by atoms with van der Waals surface area (Å²) in [5, 5.41) is 9.85. The van der Waals surface area contributed by atoms with Crippen molar-refractivity contribution in [3.8, 4) is 5.75 Å². The lowest BCUT2D eigenvalue weighted by atomic mass is 9.97. The molecule has 1 nitrogen and oxygen atoms in total. The monoisotopic (exact) mass is 288 g/mol. The van der Waals surface area contributed by atoms with Gasteiger partial charge in [-0.05, 0) is 36.3 Å². The zero-order chi connectivity index (χ0) is 12.4. The molecule has 0 heterocycles. The Balaban J connectivity index is 2.47. The van der Waals surface area contributed by atoms with Crippen LogP contribution in [0.5, 0.6) is 5.75 Å². The number of hydrogen-bond donors (Lipinski definition) is 1. The summed E-state index contributed by atoms with van der Waals surface area (Å²) in [6, 6.07) is 13.4. The first-order chi connectivity index (χ1) is 8.08. The van der Waals surface area contributed by atoms with E-state index in [4.69, 9.17) is 0 Å². The summed E-state index contributed by atoms with van der Waals surface area (Å²) < 4.78 is 0.930. The Kier molecular flexibility index (Phi) is 3.34. The largest absolute Gasteiger partial charge is 0.507 e. The highest BCUT2D eigenvalue weighted by atomic mass is 79.9. The van der Waals surface area contributed by atoms with Crippen LogP contribution in [0.25, 0.3) is 5.57 Å². The van der Waals surface area contributed by atoms with Crippen molar-refractivity contribution >= 4 is 21.5 Å². The average molecular weight is 289 g/mol. The molecule has 2 rings (SSSR count). The van der Waals surface area contributed by atoms with Gasteiger partial charge in [-0.25, -0.2) is 0 Å². The Hall–Kier alpha value is -1.54. The highest BCUT2D eigenvalue weighted by molar-refractivity contribution is 9.10. The number of halogens is 1. The van der Waals surface area contributed by atoms with E-state index >= 15 is 0 Å². The van der Waals surface area contributed by atoms with Crippen LogP contribution in [0.3, 0.4) is 0 Å². The number of phenols is 1. The smallest absolute Gasteiger partial charge is 0.123 e. The van der Waals surface area contributed by atoms with E-state index in [1.54, 1.807) is 6.07 Å². The van der Waals surface area contributed by atoms with Crippen LogP contribution in [-0.4, -0.2) is 5.11 Å². The maximum Gasteiger partial charge on any atom is 0.123 e. The summed E-state index contributed by atoms with van der Waals surface area (Å²) in [4.78, 5) is 0. The highest BCUT2D eigenvalue weighted by Crippen LogP contribution is 2.31. The molecule has 0 fully saturated rings. The molecule has 0 spiro atoms. The predicted molar refractivity (Wildman–Crippen MR) is 75.1 cm³/mol. The van der Waals surface area contributed by atoms with E-state index in [0.717, 1.165) is 21.2 Å². The summed E-state index contributed by atoms with van der Waals surface area (Å²) in [6.45, 7) is 6.10. The van der Waals surface area contributed by atoms with Gasteiger partial charge in [-0.1, -0.05) is 52.3 Å². The number of rotatable bonds is 2. The molecule has 0 aliphatic rings. The maximum atomic E-state index is 9.85. The van der Waals surface area contributed by atoms with Gasteiger partial charge < -0.3 is 5.11 Å². The molecule has 1 N–H and O–H groups in total. The summed E-state index contributed by atoms with van der Waals surface area (Å²) in [5.74, 6) is 0.250. The SMILES string of the molecule is C=C(c1cccc(C)c1)c1cc(Br)ccc1O. The molecule has 0 radical (unpaired) electrons. The highest BCUT2D eigenvalue weighted by Gasteiger charge is 2.08. The van der Waals surface area contributed by atoms with Crippen molar-refractivity contribution in [3.05, 3.63) is 70.2 Å². The van der Waals surface area contributed by atoms with Gasteiger partial charge in [-0.2, -0.15) is 0 Å². The van der Waals surface area contributed by atoms with E-state index < -0.39 is 0 Å². The van der Waals surface area contributed by atoms with Gasteiger partial charge >= 0.3 is 0 Å². The maximum absolute atomic E-state index is 9.85. The third-order valence-electron chi connectivity index (χ3n) is 2.65. The summed E-state index contributed by atoms with van der Waals surface area (Å²) in [6.07, 6.45) is 0. The zero-order valence-corrected chi connectivity index (χ0v) is 11.2. The molecule has 0 aromatic heterocycles. The quantitative estimate of drug-likeness (QED) is 0.861. The molecule has 0 atom stereocenters. The van der Waals surface area contributed by atoms with Crippen molar-refractivity contribution in [1.82, 2.24) is 0 Å². The Morgan fingerprint density at radius 3 is 2.65 bits per heavy atom. The summed E-state index contributed by atoms with van der Waals surface area (Å²) in [7, 11) is 0. The normalized spacial score (nSPS) is 10.2. The fraction of sp³-hybridized carbons (Fsp3) is 0.0667. The molecule has 0 aliphatic carbocycles. The number of aromatic hydroxyl groups is 1. The van der Waals surface area contributed by atoms with Gasteiger partial charge in [0.25, 0.3) is 0 Å². The molecule has 0 bridgehead atoms. The number of benzene rings is 2. The second-order valence-electron chi connectivity index (χ2n) is 4.01. The van der Waals surface area contributed by atoms with E-state index in [2.05, 4.69) is 28.6 Å². The number of hydrogen-bond acceptors (Lipinski definition) is 1. The lowest BCUT2D eigenvalue weighted by molar-refractivity contribution is 0.473. The average Bonchev–Trinajstić information content (AvgIpc) is 2.31. The molecule has 0 unspecified atom stereocenters. The van der Waals surface area contributed by atoms with E-state index in [-0.39, 0.29) is 5.75 Å². The third kappa shape index (κ3) is 2.59. The topological polar surface area (TPSA) is 20.2 Å². The second-order valence-corrected chi connectivity index (χ2v) is 4.93. The van der Waals surface area contributed by atoms with Crippen molar-refractivity contribution < 1.29 is 5.11 Å². The molecule has 86 valence electrons. The zero-order valence-electron chi connectivity index (χ0n) is 9.57. The first-order valence-corrected chi connectivity index (χ1v) is 6.12. The lowest BCUT2D eigenvalue weighted by Gasteiger charge is -2.09. The number of phenolic OH excluding ortho intramolecular Hbond substituents is 1. The van der Waals surface area contributed by atoms with Gasteiger partial charge in [0.1, 0.15) is 5.75 Å². The predicted octanol–water partition coefficient (Wildman–Crippen LogP) is 4.52. The van der Waals surface area contributed by atoms with Crippen LogP contribution in [0.2, 0.25) is 0 Å². The van der Waals surface area contributed by atoms with Crippen molar-refractivity contribution in [2.45, 2.75) is 6.92 Å². The van der Waals surface area contributed by atoms with Crippen LogP contribution in [0.15, 0.2) is 53.5 Å². The van der Waals surface area contributed by atoms with Gasteiger partial charge in [-0.15, -0.1) is 0 Å². The van der Waals surface area contributed by atoms with Crippen LogP contribution in [-0.2, 0) is 0 Å². The first kappa shape index (κ1) is 11.9. The molecule has 0 saturated heterocycles. The Morgan fingerprint density at radius 1 is 1.18 bits per heavy atom. The van der Waals surface area contributed by atoms with Crippen LogP contribution < -0.4 is 0 Å². The molecule has 2 aromatic rings. The van der Waals surface area contributed by atoms with Crippen LogP contribution in [0, 0.1) is 6.92 Å². The van der Waals surface area contributed by atoms with Gasteiger partial charge in [0, 0.05) is 10.0 Å². The van der Waals surface area contributed by atoms with Crippen LogP contribution in [0.4, 0.5) is 0 Å². The van der Waals surface area contributed by atoms with E-state index in [1.807, 2.05) is 37.3 Å². The van der Waals surface area contributed by atoms with Crippen LogP contribution >= 0.6 is 15.9 Å². The van der Waals surface area contributed by atoms with Gasteiger partial charge in [-0.3, -0.25) is 0 Å². The number of aryl methyl sites for hydroxylation is 1. The molecule has 0 aliphatic heterocycles. The molecule has 17 heavy (non-hydrogen) atoms. The summed E-state index contributed by atoms with van der Waals surface area (Å²) >= 11 is 3.40. The molecular formula is C15H13BrO. The minimum Gasteiger partial charge on any atom is -0.507 e. The fourth-order valence-electron chi connectivity index (χ4n) is 1.74. The third-order valence-corrected chi connectivity index (χ3v) is 3.14.